The minimum absolute atomic E-state index is 0.0503. The molecule has 3 rings (SSSR count). The second-order valence-corrected chi connectivity index (χ2v) is 15.8. The van der Waals surface area contributed by atoms with E-state index in [4.69, 9.17) is 18.5 Å². The van der Waals surface area contributed by atoms with Crippen molar-refractivity contribution in [1.82, 2.24) is 9.55 Å². The maximum atomic E-state index is 15.6. The Bertz CT molecular complexity index is 1810. The largest absolute Gasteiger partial charge is 0.424 e. The van der Waals surface area contributed by atoms with Gasteiger partial charge in [-0.3, -0.25) is 23.7 Å². The summed E-state index contributed by atoms with van der Waals surface area (Å²) in [4.78, 5) is 38.1. The van der Waals surface area contributed by atoms with Gasteiger partial charge < -0.3 is 19.1 Å². The molecular weight excluding hydrogens is 750 g/mol. The van der Waals surface area contributed by atoms with Crippen molar-refractivity contribution in [2.24, 2.45) is 0 Å². The number of allylic oxidation sites excluding steroid dienone is 12. The van der Waals surface area contributed by atoms with Gasteiger partial charge in [0.2, 0.25) is 0 Å². The quantitative estimate of drug-likeness (QED) is 0.0488. The first-order valence-electron chi connectivity index (χ1n) is 19.9. The van der Waals surface area contributed by atoms with Gasteiger partial charge in [0.05, 0.1) is 12.8 Å². The Morgan fingerprint density at radius 1 is 0.877 bits per heavy atom. The number of alkyl halides is 1. The van der Waals surface area contributed by atoms with Crippen molar-refractivity contribution in [3.8, 4) is 5.75 Å². The van der Waals surface area contributed by atoms with Gasteiger partial charge in [0.25, 0.3) is 5.56 Å². The summed E-state index contributed by atoms with van der Waals surface area (Å²) >= 11 is 0. The number of nitrogens with zero attached hydrogens (tertiary/aromatic N) is 1. The molecule has 0 amide bonds. The predicted molar refractivity (Wildman–Crippen MR) is 223 cm³/mol. The summed E-state index contributed by atoms with van der Waals surface area (Å²) in [5, 5.41) is 10.7. The zero-order valence-electron chi connectivity index (χ0n) is 33.3. The first-order valence-corrected chi connectivity index (χ1v) is 21.6. The molecule has 1 aliphatic rings. The lowest BCUT2D eigenvalue weighted by Gasteiger charge is -2.24. The third-order valence-electron chi connectivity index (χ3n) is 8.90. The Hall–Kier alpha value is -4.19. The molecule has 2 heterocycles. The smallest absolute Gasteiger partial charge is 0.379 e. The number of carbonyl (C=O) groups excluding carboxylic acids is 1. The summed E-state index contributed by atoms with van der Waals surface area (Å²) in [6, 6.07) is 9.45. The number of para-hydroxylation sites is 1. The van der Waals surface area contributed by atoms with E-state index in [1.54, 1.807) is 30.3 Å². The van der Waals surface area contributed by atoms with Crippen LogP contribution in [-0.2, 0) is 23.4 Å². The van der Waals surface area contributed by atoms with Gasteiger partial charge in [-0.15, -0.1) is 0 Å². The molecule has 1 aromatic carbocycles. The molecule has 1 aliphatic heterocycles. The van der Waals surface area contributed by atoms with Crippen molar-refractivity contribution in [1.29, 1.82) is 0 Å². The van der Waals surface area contributed by atoms with Crippen LogP contribution < -0.4 is 15.8 Å². The first-order chi connectivity index (χ1) is 27.6. The second-order valence-electron chi connectivity index (χ2n) is 13.7. The third kappa shape index (κ3) is 18.3. The number of aliphatic hydroxyl groups is 1. The predicted octanol–water partition coefficient (Wildman–Crippen LogP) is 9.05. The van der Waals surface area contributed by atoms with Crippen LogP contribution in [-0.4, -0.2) is 64.3 Å². The Kier molecular flexibility index (Phi) is 22.1. The van der Waals surface area contributed by atoms with Gasteiger partial charge in [-0.2, -0.15) is 0 Å². The SMILES string of the molecule is CC/C=C\C/C=C\C/C=C\C/C=C\C/C=C\C/C=C\CCC(=O)CCCOCCCP(=O)(OC[C@H]1O[C@@H](n2ccc(=O)[nH]c2=O)[C@](C)(F)[C@@H]1O)Oc1ccccc1. The van der Waals surface area contributed by atoms with Gasteiger partial charge in [0.15, 0.2) is 11.9 Å². The Morgan fingerprint density at radius 3 is 2.05 bits per heavy atom. The fourth-order valence-corrected chi connectivity index (χ4v) is 7.38. The molecule has 0 bridgehead atoms. The van der Waals surface area contributed by atoms with Crippen molar-refractivity contribution in [3.05, 3.63) is 136 Å². The fourth-order valence-electron chi connectivity index (χ4n) is 5.77. The van der Waals surface area contributed by atoms with E-state index in [1.165, 1.54) is 0 Å². The lowest BCUT2D eigenvalue weighted by molar-refractivity contribution is -0.119. The molecular formula is C44H60FN2O9P. The molecule has 5 atom stereocenters. The first kappa shape index (κ1) is 47.2. The number of nitrogens with one attached hydrogen (secondary N) is 1. The normalized spacial score (nSPS) is 21.3. The number of ketones is 1. The topological polar surface area (TPSA) is 146 Å². The van der Waals surface area contributed by atoms with Gasteiger partial charge in [-0.25, -0.2) is 13.8 Å². The van der Waals surface area contributed by atoms with Crippen LogP contribution >= 0.6 is 7.60 Å². The molecule has 0 saturated carbocycles. The fraction of sp³-hybridized carbons (Fsp3) is 0.477. The average molecular weight is 811 g/mol. The van der Waals surface area contributed by atoms with Crippen molar-refractivity contribution in [2.45, 2.75) is 109 Å². The number of Topliss-reactive ketones (excluding diaryl/α,β-unsaturated/α-hetero) is 1. The molecule has 11 nitrogen and oxygen atoms in total. The summed E-state index contributed by atoms with van der Waals surface area (Å²) in [5.74, 6) is 0.464. The molecule has 1 aromatic heterocycles. The highest BCUT2D eigenvalue weighted by molar-refractivity contribution is 7.54. The van der Waals surface area contributed by atoms with Crippen LogP contribution in [0.5, 0.6) is 5.75 Å². The van der Waals surface area contributed by atoms with E-state index in [9.17, 15) is 24.1 Å². The highest BCUT2D eigenvalue weighted by Gasteiger charge is 2.55. The number of carbonyl (C=O) groups is 1. The van der Waals surface area contributed by atoms with Crippen LogP contribution in [0.4, 0.5) is 4.39 Å². The number of hydrogen-bond donors (Lipinski definition) is 2. The maximum absolute atomic E-state index is 15.6. The summed E-state index contributed by atoms with van der Waals surface area (Å²) in [6.07, 6.45) is 30.4. The van der Waals surface area contributed by atoms with Crippen molar-refractivity contribution in [2.75, 3.05) is 26.0 Å². The minimum Gasteiger partial charge on any atom is -0.424 e. The van der Waals surface area contributed by atoms with E-state index in [1.807, 2.05) is 11.1 Å². The lowest BCUT2D eigenvalue weighted by atomic mass is 9.98. The van der Waals surface area contributed by atoms with Gasteiger partial charge in [0, 0.05) is 38.3 Å². The molecule has 1 saturated heterocycles. The van der Waals surface area contributed by atoms with Crippen LogP contribution in [0.25, 0.3) is 0 Å². The summed E-state index contributed by atoms with van der Waals surface area (Å²) in [5.41, 5.74) is -4.02. The number of rotatable bonds is 28. The number of aliphatic hydroxyl groups excluding tert-OH is 1. The molecule has 0 spiro atoms. The van der Waals surface area contributed by atoms with E-state index in [0.29, 0.717) is 44.5 Å². The summed E-state index contributed by atoms with van der Waals surface area (Å²) in [6.45, 7) is 3.30. The number of ether oxygens (including phenoxy) is 2. The van der Waals surface area contributed by atoms with E-state index in [-0.39, 0.29) is 18.6 Å². The summed E-state index contributed by atoms with van der Waals surface area (Å²) in [7, 11) is -3.86. The monoisotopic (exact) mass is 810 g/mol. The van der Waals surface area contributed by atoms with Gasteiger partial charge in [0.1, 0.15) is 23.7 Å². The van der Waals surface area contributed by atoms with Crippen molar-refractivity contribution < 1.29 is 37.4 Å². The molecule has 13 heteroatoms. The number of benzene rings is 1. The molecule has 2 N–H and O–H groups in total. The molecule has 1 fully saturated rings. The van der Waals surface area contributed by atoms with E-state index in [0.717, 1.165) is 62.3 Å². The zero-order valence-corrected chi connectivity index (χ0v) is 34.2. The van der Waals surface area contributed by atoms with Crippen LogP contribution in [0.3, 0.4) is 0 Å². The molecule has 0 aliphatic carbocycles. The molecule has 2 aromatic rings. The van der Waals surface area contributed by atoms with Gasteiger partial charge in [-0.05, 0) is 76.8 Å². The standard InChI is InChI=1S/C44H60FN2O9P/c1-3-4-5-6-7-8-9-10-11-12-13-14-15-16-17-18-19-20-22-27-37(48)28-25-33-53-34-26-35-57(52,56-38-29-23-21-24-30-38)54-36-39-41(50)44(2,45)42(55-39)47-32-31-40(49)46-43(47)51/h4-5,7-8,10-11,13-14,16-17,19-21,23-24,29-32,39,41-42,50H,3,6,9,12,15,18,22,25-28,33-36H2,1-2H3,(H,46,49,51)/b5-4-,8-7-,11-10-,14-13-,17-16-,20-19-/t39-,41-,42-,44-,57?/m1/s1. The lowest BCUT2D eigenvalue weighted by Crippen LogP contribution is -2.43. The van der Waals surface area contributed by atoms with E-state index in [2.05, 4.69) is 73.8 Å². The highest BCUT2D eigenvalue weighted by atomic mass is 31.2. The number of halogens is 1. The van der Waals surface area contributed by atoms with Gasteiger partial charge >= 0.3 is 13.3 Å². The number of aromatic nitrogens is 2. The Labute approximate surface area is 336 Å². The maximum Gasteiger partial charge on any atom is 0.379 e. The van der Waals surface area contributed by atoms with E-state index >= 15 is 4.39 Å². The van der Waals surface area contributed by atoms with Crippen LogP contribution in [0.2, 0.25) is 0 Å². The Balaban J connectivity index is 1.29. The molecule has 312 valence electrons. The average Bonchev–Trinajstić information content (AvgIpc) is 3.41. The van der Waals surface area contributed by atoms with E-state index < -0.39 is 49.6 Å². The number of hydrogen-bond acceptors (Lipinski definition) is 9. The summed E-state index contributed by atoms with van der Waals surface area (Å²) < 4.78 is 53.1. The van der Waals surface area contributed by atoms with Crippen LogP contribution in [0.15, 0.2) is 125 Å². The van der Waals surface area contributed by atoms with Gasteiger partial charge in [-0.1, -0.05) is 98.0 Å². The number of H-pyrrole nitrogens is 1. The van der Waals surface area contributed by atoms with Crippen molar-refractivity contribution in [3.63, 3.8) is 0 Å². The minimum atomic E-state index is -3.86. The highest BCUT2D eigenvalue weighted by Crippen LogP contribution is 2.50. The zero-order chi connectivity index (χ0) is 41.2. The second kappa shape index (κ2) is 26.7. The van der Waals surface area contributed by atoms with Crippen LogP contribution in [0, 0.1) is 0 Å². The molecule has 57 heavy (non-hydrogen) atoms. The van der Waals surface area contributed by atoms with Crippen molar-refractivity contribution >= 4 is 13.4 Å². The molecule has 1 unspecified atom stereocenters. The number of aromatic amines is 1. The Morgan fingerprint density at radius 2 is 1.46 bits per heavy atom. The molecule has 0 radical (unpaired) electrons. The van der Waals surface area contributed by atoms with Crippen LogP contribution in [0.1, 0.15) is 90.7 Å². The third-order valence-corrected chi connectivity index (χ3v) is 10.8.